The Bertz CT molecular complexity index is 882. The second kappa shape index (κ2) is 13.3. The van der Waals surface area contributed by atoms with Crippen LogP contribution in [0, 0.1) is 0 Å². The van der Waals surface area contributed by atoms with Crippen LogP contribution >= 0.6 is 12.4 Å². The number of likely N-dealkylation sites (tertiary alicyclic amines) is 1. The fourth-order valence-electron chi connectivity index (χ4n) is 6.14. The summed E-state index contributed by atoms with van der Waals surface area (Å²) in [5.74, 6) is 0.670. The third-order valence-electron chi connectivity index (χ3n) is 8.29. The highest BCUT2D eigenvalue weighted by molar-refractivity contribution is 6.00. The Labute approximate surface area is 227 Å². The second-order valence-electron chi connectivity index (χ2n) is 10.9. The van der Waals surface area contributed by atoms with Gasteiger partial charge in [-0.1, -0.05) is 44.7 Å². The minimum absolute atomic E-state index is 0. The normalized spacial score (nSPS) is 23.4. The van der Waals surface area contributed by atoms with E-state index in [1.165, 1.54) is 0 Å². The van der Waals surface area contributed by atoms with E-state index in [2.05, 4.69) is 17.1 Å². The molecule has 2 aliphatic heterocycles. The number of hydrogen-bond donors (Lipinski definition) is 3. The third-order valence-corrected chi connectivity index (χ3v) is 8.29. The van der Waals surface area contributed by atoms with Crippen LogP contribution in [0.15, 0.2) is 24.3 Å². The molecule has 0 bridgehead atoms. The van der Waals surface area contributed by atoms with Crippen LogP contribution in [0.25, 0.3) is 0 Å². The van der Waals surface area contributed by atoms with Gasteiger partial charge in [-0.3, -0.25) is 14.5 Å². The van der Waals surface area contributed by atoms with E-state index in [4.69, 9.17) is 9.84 Å². The molecular formula is C28H44ClN3O5. The van der Waals surface area contributed by atoms with Gasteiger partial charge in [-0.15, -0.1) is 12.4 Å². The van der Waals surface area contributed by atoms with E-state index >= 15 is 0 Å². The van der Waals surface area contributed by atoms with Crippen molar-refractivity contribution in [1.82, 2.24) is 15.1 Å². The molecule has 1 aromatic carbocycles. The van der Waals surface area contributed by atoms with Crippen LogP contribution in [-0.4, -0.2) is 81.9 Å². The number of nitrogens with zero attached hydrogens (tertiary/aromatic N) is 2. The van der Waals surface area contributed by atoms with Crippen molar-refractivity contribution in [3.63, 3.8) is 0 Å². The standard InChI is InChI=1S/C28H43N3O5.ClH/c1-2-3-15-31-25(33)24(20-27(35)11-5-4-6-12-27)29-26(34)28(31)13-16-30(17-14-28)21-22-7-9-23(10-8-22)36-19-18-32;/h7-10,24,32,35H,2-6,11-21H2,1H3,(H,29,34);1H/t24-;/m1./s1. The van der Waals surface area contributed by atoms with E-state index in [-0.39, 0.29) is 37.4 Å². The van der Waals surface area contributed by atoms with Crippen molar-refractivity contribution in [2.45, 2.75) is 94.9 Å². The summed E-state index contributed by atoms with van der Waals surface area (Å²) in [5.41, 5.74) is -0.485. The average molecular weight is 538 g/mol. The van der Waals surface area contributed by atoms with Crippen LogP contribution in [0.5, 0.6) is 5.75 Å². The number of rotatable bonds is 10. The molecule has 3 fully saturated rings. The predicted octanol–water partition coefficient (Wildman–Crippen LogP) is 3.03. The first kappa shape index (κ1) is 29.7. The number of benzene rings is 1. The maximum absolute atomic E-state index is 13.7. The first-order chi connectivity index (χ1) is 17.4. The van der Waals surface area contributed by atoms with Crippen molar-refractivity contribution >= 4 is 24.2 Å². The molecular weight excluding hydrogens is 494 g/mol. The molecule has 3 N–H and O–H groups in total. The summed E-state index contributed by atoms with van der Waals surface area (Å²) in [6.07, 6.45) is 7.86. The summed E-state index contributed by atoms with van der Waals surface area (Å²) < 4.78 is 5.44. The van der Waals surface area contributed by atoms with Crippen LogP contribution < -0.4 is 10.1 Å². The molecule has 1 saturated carbocycles. The van der Waals surface area contributed by atoms with Gasteiger partial charge in [0.05, 0.1) is 12.2 Å². The predicted molar refractivity (Wildman–Crippen MR) is 145 cm³/mol. The number of hydrogen-bond acceptors (Lipinski definition) is 6. The molecule has 1 aliphatic carbocycles. The SMILES string of the molecule is CCCCN1C(=O)[C@@H](CC2(O)CCCCC2)NC(=O)C12CCN(Cc1ccc(OCCO)cc1)CC2.Cl. The van der Waals surface area contributed by atoms with E-state index in [1.54, 1.807) is 0 Å². The second-order valence-corrected chi connectivity index (χ2v) is 10.9. The zero-order valence-electron chi connectivity index (χ0n) is 22.1. The van der Waals surface area contributed by atoms with E-state index in [0.717, 1.165) is 63.1 Å². The molecule has 0 radical (unpaired) electrons. The number of carbonyl (C=O) groups is 2. The molecule has 8 nitrogen and oxygen atoms in total. The van der Waals surface area contributed by atoms with E-state index in [0.29, 0.717) is 38.6 Å². The van der Waals surface area contributed by atoms with Crippen molar-refractivity contribution in [1.29, 1.82) is 0 Å². The van der Waals surface area contributed by atoms with Crippen LogP contribution in [-0.2, 0) is 16.1 Å². The van der Waals surface area contributed by atoms with Gasteiger partial charge in [0.2, 0.25) is 11.8 Å². The van der Waals surface area contributed by atoms with E-state index in [1.807, 2.05) is 29.2 Å². The van der Waals surface area contributed by atoms with Crippen molar-refractivity contribution in [2.75, 3.05) is 32.8 Å². The van der Waals surface area contributed by atoms with Gasteiger partial charge >= 0.3 is 0 Å². The summed E-state index contributed by atoms with van der Waals surface area (Å²) in [6, 6.07) is 7.25. The summed E-state index contributed by atoms with van der Waals surface area (Å²) in [4.78, 5) is 31.5. The van der Waals surface area contributed by atoms with Gasteiger partial charge in [0.15, 0.2) is 0 Å². The zero-order chi connectivity index (χ0) is 25.6. The zero-order valence-corrected chi connectivity index (χ0v) is 22.9. The van der Waals surface area contributed by atoms with Gasteiger partial charge in [-0.25, -0.2) is 0 Å². The van der Waals surface area contributed by atoms with Gasteiger partial charge in [0.1, 0.15) is 23.9 Å². The first-order valence-electron chi connectivity index (χ1n) is 13.8. The highest BCUT2D eigenvalue weighted by Crippen LogP contribution is 2.37. The highest BCUT2D eigenvalue weighted by Gasteiger charge is 2.54. The Balaban J connectivity index is 0.00000380. The maximum Gasteiger partial charge on any atom is 0.246 e. The number of piperazine rings is 1. The number of aliphatic hydroxyl groups is 2. The summed E-state index contributed by atoms with van der Waals surface area (Å²) in [6.45, 7) is 5.21. The fourth-order valence-corrected chi connectivity index (χ4v) is 6.14. The number of piperidine rings is 1. The third kappa shape index (κ3) is 6.96. The fraction of sp³-hybridized carbons (Fsp3) is 0.714. The molecule has 2 amide bonds. The summed E-state index contributed by atoms with van der Waals surface area (Å²) in [5, 5.41) is 23.0. The van der Waals surface area contributed by atoms with E-state index < -0.39 is 17.2 Å². The number of halogens is 1. The van der Waals surface area contributed by atoms with Crippen molar-refractivity contribution in [3.8, 4) is 5.75 Å². The smallest absolute Gasteiger partial charge is 0.246 e. The van der Waals surface area contributed by atoms with Crippen molar-refractivity contribution in [2.24, 2.45) is 0 Å². The number of unbranched alkanes of at least 4 members (excludes halogenated alkanes) is 1. The van der Waals surface area contributed by atoms with E-state index in [9.17, 15) is 14.7 Å². The molecule has 1 atom stereocenters. The lowest BCUT2D eigenvalue weighted by molar-refractivity contribution is -0.163. The molecule has 0 unspecified atom stereocenters. The Morgan fingerprint density at radius 3 is 2.35 bits per heavy atom. The Hall–Kier alpha value is -1.87. The maximum atomic E-state index is 13.7. The number of amides is 2. The first-order valence-corrected chi connectivity index (χ1v) is 13.8. The largest absolute Gasteiger partial charge is 0.491 e. The highest BCUT2D eigenvalue weighted by atomic mass is 35.5. The topological polar surface area (TPSA) is 102 Å². The molecule has 0 aromatic heterocycles. The van der Waals surface area contributed by atoms with Gasteiger partial charge in [0, 0.05) is 32.6 Å². The summed E-state index contributed by atoms with van der Waals surface area (Å²) in [7, 11) is 0. The molecule has 1 aromatic rings. The quantitative estimate of drug-likeness (QED) is 0.424. The van der Waals surface area contributed by atoms with Gasteiger partial charge in [-0.05, 0) is 49.8 Å². The molecule has 2 saturated heterocycles. The van der Waals surface area contributed by atoms with Gasteiger partial charge in [-0.2, -0.15) is 0 Å². The van der Waals surface area contributed by atoms with Crippen LogP contribution in [0.3, 0.4) is 0 Å². The van der Waals surface area contributed by atoms with Crippen LogP contribution in [0.2, 0.25) is 0 Å². The lowest BCUT2D eigenvalue weighted by atomic mass is 9.77. The minimum atomic E-state index is -0.852. The van der Waals surface area contributed by atoms with Crippen molar-refractivity contribution < 1.29 is 24.5 Å². The average Bonchev–Trinajstić information content (AvgIpc) is 2.88. The lowest BCUT2D eigenvalue weighted by Gasteiger charge is -2.52. The molecule has 4 rings (SSSR count). The minimum Gasteiger partial charge on any atom is -0.491 e. The molecule has 3 aliphatic rings. The number of carbonyl (C=O) groups excluding carboxylic acids is 2. The lowest BCUT2D eigenvalue weighted by Crippen LogP contribution is -2.73. The Kier molecular flexibility index (Phi) is 10.6. The molecule has 9 heteroatoms. The Morgan fingerprint density at radius 1 is 1.05 bits per heavy atom. The number of nitrogens with one attached hydrogen (secondary N) is 1. The number of aliphatic hydroxyl groups excluding tert-OH is 1. The molecule has 1 spiro atoms. The van der Waals surface area contributed by atoms with Gasteiger partial charge < -0.3 is 25.2 Å². The van der Waals surface area contributed by atoms with Crippen molar-refractivity contribution in [3.05, 3.63) is 29.8 Å². The molecule has 2 heterocycles. The summed E-state index contributed by atoms with van der Waals surface area (Å²) >= 11 is 0. The van der Waals surface area contributed by atoms with Crippen LogP contribution in [0.1, 0.15) is 76.7 Å². The number of ether oxygens (including phenoxy) is 1. The molecule has 208 valence electrons. The Morgan fingerprint density at radius 2 is 1.73 bits per heavy atom. The van der Waals surface area contributed by atoms with Crippen LogP contribution in [0.4, 0.5) is 0 Å². The monoisotopic (exact) mass is 537 g/mol. The molecule has 37 heavy (non-hydrogen) atoms. The van der Waals surface area contributed by atoms with Gasteiger partial charge in [0.25, 0.3) is 0 Å².